The molecule has 0 fully saturated rings. The van der Waals surface area contributed by atoms with E-state index in [2.05, 4.69) is 0 Å². The van der Waals surface area contributed by atoms with Gasteiger partial charge in [0.25, 0.3) is 5.91 Å². The van der Waals surface area contributed by atoms with E-state index in [1.165, 1.54) is 4.31 Å². The van der Waals surface area contributed by atoms with E-state index in [0.29, 0.717) is 16.8 Å². The zero-order chi connectivity index (χ0) is 25.4. The molecule has 6 nitrogen and oxygen atoms in total. The molecule has 0 atom stereocenters. The van der Waals surface area contributed by atoms with Gasteiger partial charge in [0.2, 0.25) is 10.0 Å². The lowest BCUT2D eigenvalue weighted by atomic mass is 9.99. The Morgan fingerprint density at radius 2 is 1.44 bits per heavy atom. The van der Waals surface area contributed by atoms with Crippen LogP contribution >= 0.6 is 0 Å². The van der Waals surface area contributed by atoms with Crippen molar-refractivity contribution in [2.24, 2.45) is 7.05 Å². The molecule has 5 rings (SSSR count). The highest BCUT2D eigenvalue weighted by Crippen LogP contribution is 2.40. The summed E-state index contributed by atoms with van der Waals surface area (Å²) in [6.07, 6.45) is 3.71. The Morgan fingerprint density at radius 3 is 2.00 bits per heavy atom. The summed E-state index contributed by atoms with van der Waals surface area (Å²) in [7, 11) is 1.29. The zero-order valence-electron chi connectivity index (χ0n) is 20.4. The fraction of sp³-hybridized carbons (Fsp3) is 0.138. The lowest BCUT2D eigenvalue weighted by Gasteiger charge is -2.28. The number of aromatic nitrogens is 1. The van der Waals surface area contributed by atoms with Crippen LogP contribution in [0.5, 0.6) is 0 Å². The first-order valence-electron chi connectivity index (χ1n) is 11.6. The maximum Gasteiger partial charge on any atom is 0.258 e. The third-order valence-electron chi connectivity index (χ3n) is 6.70. The lowest BCUT2D eigenvalue weighted by molar-refractivity contribution is -0.112. The van der Waals surface area contributed by atoms with Crippen molar-refractivity contribution >= 4 is 33.3 Å². The van der Waals surface area contributed by atoms with Gasteiger partial charge in [0, 0.05) is 38.6 Å². The summed E-state index contributed by atoms with van der Waals surface area (Å²) in [5.41, 5.74) is 4.36. The predicted octanol–water partition coefficient (Wildman–Crippen LogP) is 4.95. The monoisotopic (exact) mass is 497 g/mol. The minimum absolute atomic E-state index is 0.140. The van der Waals surface area contributed by atoms with Gasteiger partial charge >= 0.3 is 0 Å². The van der Waals surface area contributed by atoms with Gasteiger partial charge in [-0.15, -0.1) is 0 Å². The first-order valence-corrected chi connectivity index (χ1v) is 13.1. The van der Waals surface area contributed by atoms with Crippen LogP contribution in [0.1, 0.15) is 28.4 Å². The van der Waals surface area contributed by atoms with Crippen molar-refractivity contribution in [1.29, 1.82) is 0 Å². The van der Waals surface area contributed by atoms with E-state index >= 15 is 0 Å². The molecule has 3 aromatic carbocycles. The van der Waals surface area contributed by atoms with Crippen LogP contribution in [0.4, 0.5) is 5.69 Å². The number of anilines is 1. The topological polar surface area (TPSA) is 62.6 Å². The number of amides is 1. The Bertz CT molecular complexity index is 1520. The van der Waals surface area contributed by atoms with Gasteiger partial charge in [0.05, 0.1) is 22.2 Å². The van der Waals surface area contributed by atoms with E-state index in [4.69, 9.17) is 0 Å². The Morgan fingerprint density at radius 1 is 0.833 bits per heavy atom. The number of hydrogen-bond donors (Lipinski definition) is 0. The molecule has 0 saturated heterocycles. The van der Waals surface area contributed by atoms with Crippen molar-refractivity contribution in [3.05, 3.63) is 120 Å². The highest BCUT2D eigenvalue weighted by atomic mass is 32.2. The Hall–Kier alpha value is -3.94. The van der Waals surface area contributed by atoms with Crippen molar-refractivity contribution in [3.8, 4) is 0 Å². The van der Waals surface area contributed by atoms with Crippen LogP contribution in [0.3, 0.4) is 0 Å². The number of carbonyl (C=O) groups excluding carboxylic acids is 1. The summed E-state index contributed by atoms with van der Waals surface area (Å²) in [4.78, 5) is 14.8. The number of likely N-dealkylation sites (N-methyl/N-ethyl adjacent to an activating group) is 1. The average Bonchev–Trinajstić information content (AvgIpc) is 3.41. The van der Waals surface area contributed by atoms with Crippen molar-refractivity contribution in [2.45, 2.75) is 10.9 Å². The number of sulfonamides is 1. The highest BCUT2D eigenvalue weighted by Gasteiger charge is 2.34. The maximum absolute atomic E-state index is 14.0. The largest absolute Gasteiger partial charge is 0.351 e. The fourth-order valence-corrected chi connectivity index (χ4v) is 6.05. The Balaban J connectivity index is 1.60. The average molecular weight is 498 g/mol. The van der Waals surface area contributed by atoms with Gasteiger partial charge in [0.1, 0.15) is 0 Å². The van der Waals surface area contributed by atoms with Gasteiger partial charge < -0.3 is 9.47 Å². The maximum atomic E-state index is 14.0. The van der Waals surface area contributed by atoms with Crippen molar-refractivity contribution in [1.82, 2.24) is 8.87 Å². The highest BCUT2D eigenvalue weighted by molar-refractivity contribution is 7.89. The minimum Gasteiger partial charge on any atom is -0.351 e. The predicted molar refractivity (Wildman–Crippen MR) is 143 cm³/mol. The van der Waals surface area contributed by atoms with Gasteiger partial charge in [-0.25, -0.2) is 8.42 Å². The molecule has 1 aromatic heterocycles. The zero-order valence-corrected chi connectivity index (χ0v) is 21.2. The van der Waals surface area contributed by atoms with Crippen LogP contribution < -0.4 is 4.90 Å². The van der Waals surface area contributed by atoms with Gasteiger partial charge in [-0.2, -0.15) is 4.31 Å². The van der Waals surface area contributed by atoms with E-state index < -0.39 is 16.1 Å². The molecule has 182 valence electrons. The summed E-state index contributed by atoms with van der Waals surface area (Å²) < 4.78 is 31.2. The normalized spacial score (nSPS) is 14.8. The van der Waals surface area contributed by atoms with Crippen LogP contribution in [0.2, 0.25) is 0 Å². The quantitative estimate of drug-likeness (QED) is 0.354. The molecule has 1 aliphatic heterocycles. The summed E-state index contributed by atoms with van der Waals surface area (Å²) in [6.45, 7) is 0. The number of carbonyl (C=O) groups is 1. The van der Waals surface area contributed by atoms with Gasteiger partial charge in [-0.1, -0.05) is 60.7 Å². The molecule has 1 aliphatic rings. The first-order chi connectivity index (χ1) is 17.3. The number of nitrogens with zero attached hydrogens (tertiary/aromatic N) is 3. The molecule has 0 N–H and O–H groups in total. The molecule has 36 heavy (non-hydrogen) atoms. The standard InChI is InChI=1S/C29H27N3O3S/c1-30-18-10-15-23(30)19-26-25-20-24(16-17-27(25)31(2)29(26)33)36(34,35)32(3)28(21-11-6-4-7-12-21)22-13-8-5-9-14-22/h4-20,28H,1-3H3/b26-19+. The molecular weight excluding hydrogens is 470 g/mol. The smallest absolute Gasteiger partial charge is 0.258 e. The van der Waals surface area contributed by atoms with Crippen LogP contribution in [-0.4, -0.2) is 37.3 Å². The molecule has 0 saturated carbocycles. The minimum atomic E-state index is -3.91. The van der Waals surface area contributed by atoms with Gasteiger partial charge in [0.15, 0.2) is 0 Å². The van der Waals surface area contributed by atoms with E-state index in [9.17, 15) is 13.2 Å². The van der Waals surface area contributed by atoms with Crippen molar-refractivity contribution in [3.63, 3.8) is 0 Å². The van der Waals surface area contributed by atoms with Crippen LogP contribution in [0.15, 0.2) is 102 Å². The summed E-state index contributed by atoms with van der Waals surface area (Å²) in [5.74, 6) is -0.166. The van der Waals surface area contributed by atoms with Crippen molar-refractivity contribution < 1.29 is 13.2 Å². The number of benzene rings is 3. The summed E-state index contributed by atoms with van der Waals surface area (Å²) >= 11 is 0. The number of fused-ring (bicyclic) bond motifs is 1. The van der Waals surface area contributed by atoms with E-state index in [1.807, 2.05) is 96.7 Å². The molecule has 4 aromatic rings. The second kappa shape index (κ2) is 9.26. The Kier molecular flexibility index (Phi) is 6.12. The molecular formula is C29H27N3O3S. The molecule has 0 bridgehead atoms. The van der Waals surface area contributed by atoms with E-state index in [-0.39, 0.29) is 10.8 Å². The van der Waals surface area contributed by atoms with Gasteiger partial charge in [-0.05, 0) is 47.5 Å². The van der Waals surface area contributed by atoms with Crippen LogP contribution in [-0.2, 0) is 21.9 Å². The van der Waals surface area contributed by atoms with E-state index in [0.717, 1.165) is 16.8 Å². The molecule has 2 heterocycles. The third kappa shape index (κ3) is 4.06. The Labute approximate surface area is 211 Å². The second-order valence-electron chi connectivity index (χ2n) is 8.89. The first kappa shape index (κ1) is 23.8. The molecule has 0 unspecified atom stereocenters. The fourth-order valence-electron chi connectivity index (χ4n) is 4.69. The van der Waals surface area contributed by atoms with E-state index in [1.54, 1.807) is 37.2 Å². The molecule has 0 spiro atoms. The molecule has 0 aliphatic carbocycles. The van der Waals surface area contributed by atoms with Crippen LogP contribution in [0.25, 0.3) is 11.6 Å². The summed E-state index contributed by atoms with van der Waals surface area (Å²) in [6, 6.07) is 27.4. The van der Waals surface area contributed by atoms with Crippen molar-refractivity contribution in [2.75, 3.05) is 19.0 Å². The molecule has 1 amide bonds. The van der Waals surface area contributed by atoms with Crippen LogP contribution in [0, 0.1) is 0 Å². The molecule has 0 radical (unpaired) electrons. The number of aryl methyl sites for hydroxylation is 1. The SMILES string of the molecule is CN1C(=O)/C(=C/c2cccn2C)c2cc(S(=O)(=O)N(C)C(c3ccccc3)c3ccccc3)ccc21. The van der Waals surface area contributed by atoms with Gasteiger partial charge in [-0.3, -0.25) is 4.79 Å². The number of rotatable bonds is 6. The summed E-state index contributed by atoms with van der Waals surface area (Å²) in [5, 5.41) is 0. The number of hydrogen-bond acceptors (Lipinski definition) is 3. The third-order valence-corrected chi connectivity index (χ3v) is 8.52. The lowest BCUT2D eigenvalue weighted by Crippen LogP contribution is -2.32. The molecule has 7 heteroatoms. The second-order valence-corrected chi connectivity index (χ2v) is 10.9.